The monoisotopic (exact) mass is 273 g/mol. The first-order valence-electron chi connectivity index (χ1n) is 6.40. The van der Waals surface area contributed by atoms with Crippen LogP contribution in [0.1, 0.15) is 6.92 Å². The number of methoxy groups -OCH3 is 1. The highest BCUT2D eigenvalue weighted by atomic mass is 16.5. The van der Waals surface area contributed by atoms with Crippen LogP contribution in [0.4, 0.5) is 11.6 Å². The minimum Gasteiger partial charge on any atom is -0.380 e. The Morgan fingerprint density at radius 3 is 2.55 bits per heavy atom. The number of benzene rings is 1. The SMILES string of the molecule is COC(C)CNc1cc(NN)nc(-c2ccccc2)n1. The normalized spacial score (nSPS) is 11.9. The standard InChI is InChI=1S/C14H19N5O/c1-10(20-2)9-16-12-8-13(19-15)18-14(17-12)11-6-4-3-5-7-11/h3-8,10H,9,15H2,1-2H3,(H2,16,17,18,19). The van der Waals surface area contributed by atoms with E-state index in [0.29, 0.717) is 24.0 Å². The molecule has 0 aliphatic carbocycles. The molecule has 1 aromatic heterocycles. The number of rotatable bonds is 6. The van der Waals surface area contributed by atoms with Crippen molar-refractivity contribution >= 4 is 11.6 Å². The number of hydrazine groups is 1. The highest BCUT2D eigenvalue weighted by Gasteiger charge is 2.07. The molecule has 0 aliphatic rings. The maximum atomic E-state index is 5.46. The fourth-order valence-corrected chi connectivity index (χ4v) is 1.66. The van der Waals surface area contributed by atoms with Crippen LogP contribution in [0.5, 0.6) is 0 Å². The van der Waals surface area contributed by atoms with E-state index >= 15 is 0 Å². The lowest BCUT2D eigenvalue weighted by molar-refractivity contribution is 0.128. The summed E-state index contributed by atoms with van der Waals surface area (Å²) >= 11 is 0. The van der Waals surface area contributed by atoms with Crippen molar-refractivity contribution in [1.82, 2.24) is 9.97 Å². The van der Waals surface area contributed by atoms with Crippen LogP contribution in [0.15, 0.2) is 36.4 Å². The van der Waals surface area contributed by atoms with Gasteiger partial charge >= 0.3 is 0 Å². The molecule has 2 rings (SSSR count). The van der Waals surface area contributed by atoms with Gasteiger partial charge in [0.05, 0.1) is 6.10 Å². The van der Waals surface area contributed by atoms with Gasteiger partial charge in [-0.15, -0.1) is 0 Å². The van der Waals surface area contributed by atoms with E-state index in [1.165, 1.54) is 0 Å². The van der Waals surface area contributed by atoms with Crippen molar-refractivity contribution in [3.05, 3.63) is 36.4 Å². The van der Waals surface area contributed by atoms with Crippen molar-refractivity contribution in [1.29, 1.82) is 0 Å². The zero-order valence-electron chi connectivity index (χ0n) is 11.6. The molecule has 0 bridgehead atoms. The first-order chi connectivity index (χ1) is 9.72. The molecule has 2 aromatic rings. The van der Waals surface area contributed by atoms with Crippen molar-refractivity contribution in [3.63, 3.8) is 0 Å². The summed E-state index contributed by atoms with van der Waals surface area (Å²) in [5.74, 6) is 7.34. The van der Waals surface area contributed by atoms with Gasteiger partial charge in [0.1, 0.15) is 11.6 Å². The minimum atomic E-state index is 0.0967. The summed E-state index contributed by atoms with van der Waals surface area (Å²) < 4.78 is 5.20. The average molecular weight is 273 g/mol. The lowest BCUT2D eigenvalue weighted by atomic mass is 10.2. The zero-order valence-corrected chi connectivity index (χ0v) is 11.6. The first-order valence-corrected chi connectivity index (χ1v) is 6.40. The predicted molar refractivity (Wildman–Crippen MR) is 80.2 cm³/mol. The van der Waals surface area contributed by atoms with Crippen molar-refractivity contribution in [2.75, 3.05) is 24.4 Å². The van der Waals surface area contributed by atoms with Crippen molar-refractivity contribution < 1.29 is 4.74 Å². The Kier molecular flexibility index (Phi) is 4.86. The largest absolute Gasteiger partial charge is 0.380 e. The molecule has 20 heavy (non-hydrogen) atoms. The van der Waals surface area contributed by atoms with Crippen molar-refractivity contribution in [2.45, 2.75) is 13.0 Å². The van der Waals surface area contributed by atoms with Crippen LogP contribution in [0, 0.1) is 0 Å². The Morgan fingerprint density at radius 1 is 1.20 bits per heavy atom. The third-order valence-electron chi connectivity index (χ3n) is 2.88. The molecule has 0 saturated heterocycles. The third-order valence-corrected chi connectivity index (χ3v) is 2.88. The number of ether oxygens (including phenoxy) is 1. The van der Waals surface area contributed by atoms with E-state index in [-0.39, 0.29) is 6.10 Å². The van der Waals surface area contributed by atoms with Crippen LogP contribution in [-0.2, 0) is 4.74 Å². The van der Waals surface area contributed by atoms with E-state index in [1.54, 1.807) is 13.2 Å². The third kappa shape index (κ3) is 3.66. The van der Waals surface area contributed by atoms with Crippen LogP contribution in [0.25, 0.3) is 11.4 Å². The molecule has 106 valence electrons. The van der Waals surface area contributed by atoms with Gasteiger partial charge in [-0.1, -0.05) is 30.3 Å². The number of aromatic nitrogens is 2. The maximum Gasteiger partial charge on any atom is 0.163 e. The number of nitrogens with zero attached hydrogens (tertiary/aromatic N) is 2. The van der Waals surface area contributed by atoms with Crippen LogP contribution < -0.4 is 16.6 Å². The van der Waals surface area contributed by atoms with Gasteiger partial charge in [0.25, 0.3) is 0 Å². The Hall–Kier alpha value is -2.18. The average Bonchev–Trinajstić information content (AvgIpc) is 2.53. The molecule has 6 nitrogen and oxygen atoms in total. The van der Waals surface area contributed by atoms with E-state index in [4.69, 9.17) is 10.6 Å². The van der Waals surface area contributed by atoms with E-state index in [2.05, 4.69) is 20.7 Å². The smallest absolute Gasteiger partial charge is 0.163 e. The zero-order chi connectivity index (χ0) is 14.4. The molecule has 6 heteroatoms. The second-order valence-corrected chi connectivity index (χ2v) is 4.40. The van der Waals surface area contributed by atoms with Crippen LogP contribution >= 0.6 is 0 Å². The van der Waals surface area contributed by atoms with Crippen LogP contribution in [0.2, 0.25) is 0 Å². The summed E-state index contributed by atoms with van der Waals surface area (Å²) in [7, 11) is 1.68. The highest BCUT2D eigenvalue weighted by Crippen LogP contribution is 2.19. The van der Waals surface area contributed by atoms with Crippen molar-refractivity contribution in [2.24, 2.45) is 5.84 Å². The van der Waals surface area contributed by atoms with Crippen molar-refractivity contribution in [3.8, 4) is 11.4 Å². The quantitative estimate of drug-likeness (QED) is 0.550. The van der Waals surface area contributed by atoms with Gasteiger partial charge in [0.15, 0.2) is 5.82 Å². The second kappa shape index (κ2) is 6.83. The van der Waals surface area contributed by atoms with Gasteiger partial charge in [0.2, 0.25) is 0 Å². The fraction of sp³-hybridized carbons (Fsp3) is 0.286. The molecule has 1 atom stereocenters. The highest BCUT2D eigenvalue weighted by molar-refractivity contribution is 5.60. The Bertz CT molecular complexity index is 547. The topological polar surface area (TPSA) is 85.1 Å². The molecule has 0 saturated carbocycles. The minimum absolute atomic E-state index is 0.0967. The number of nitrogens with two attached hydrogens (primary N) is 1. The number of nitrogen functional groups attached to an aromatic ring is 1. The van der Waals surface area contributed by atoms with Gasteiger partial charge in [-0.2, -0.15) is 0 Å². The van der Waals surface area contributed by atoms with Gasteiger partial charge in [-0.05, 0) is 6.92 Å². The first kappa shape index (κ1) is 14.2. The molecule has 1 unspecified atom stereocenters. The summed E-state index contributed by atoms with van der Waals surface area (Å²) in [5.41, 5.74) is 3.49. The van der Waals surface area contributed by atoms with E-state index in [9.17, 15) is 0 Å². The molecule has 1 aromatic carbocycles. The molecule has 0 aliphatic heterocycles. The van der Waals surface area contributed by atoms with E-state index < -0.39 is 0 Å². The molecule has 4 N–H and O–H groups in total. The van der Waals surface area contributed by atoms with Gasteiger partial charge in [-0.3, -0.25) is 0 Å². The summed E-state index contributed by atoms with van der Waals surface area (Å²) in [6.45, 7) is 2.64. The molecular weight excluding hydrogens is 254 g/mol. The van der Waals surface area contributed by atoms with Gasteiger partial charge in [0, 0.05) is 25.3 Å². The molecular formula is C14H19N5O. The lowest BCUT2D eigenvalue weighted by Gasteiger charge is -2.13. The maximum absolute atomic E-state index is 5.46. The van der Waals surface area contributed by atoms with E-state index in [0.717, 1.165) is 5.56 Å². The number of anilines is 2. The Balaban J connectivity index is 2.25. The van der Waals surface area contributed by atoms with Crippen LogP contribution in [0.3, 0.4) is 0 Å². The van der Waals surface area contributed by atoms with Crippen LogP contribution in [-0.4, -0.2) is 29.7 Å². The number of nitrogens with one attached hydrogen (secondary N) is 2. The predicted octanol–water partition coefficient (Wildman–Crippen LogP) is 1.88. The van der Waals surface area contributed by atoms with E-state index in [1.807, 2.05) is 37.3 Å². The molecule has 0 radical (unpaired) electrons. The Morgan fingerprint density at radius 2 is 1.90 bits per heavy atom. The fourth-order valence-electron chi connectivity index (χ4n) is 1.66. The van der Waals surface area contributed by atoms with Gasteiger partial charge < -0.3 is 15.5 Å². The number of hydrogen-bond donors (Lipinski definition) is 3. The lowest BCUT2D eigenvalue weighted by Crippen LogP contribution is -2.19. The summed E-state index contributed by atoms with van der Waals surface area (Å²) in [6, 6.07) is 11.5. The molecule has 1 heterocycles. The van der Waals surface area contributed by atoms with Gasteiger partial charge in [-0.25, -0.2) is 15.8 Å². The summed E-state index contributed by atoms with van der Waals surface area (Å²) in [6.07, 6.45) is 0.0967. The molecule has 0 fully saturated rings. The summed E-state index contributed by atoms with van der Waals surface area (Å²) in [4.78, 5) is 8.84. The Labute approximate surface area is 118 Å². The molecule has 0 spiro atoms. The summed E-state index contributed by atoms with van der Waals surface area (Å²) in [5, 5.41) is 3.21. The second-order valence-electron chi connectivity index (χ2n) is 4.40. The molecule has 0 amide bonds. The number of hydrogen-bond acceptors (Lipinski definition) is 6.